The largest absolute Gasteiger partial charge is 0.460 e. The fraction of sp³-hybridized carbons (Fsp3) is 0.467. The lowest BCUT2D eigenvalue weighted by Gasteiger charge is -2.20. The molecule has 1 unspecified atom stereocenters. The predicted molar refractivity (Wildman–Crippen MR) is 86.1 cm³/mol. The second-order valence-corrected chi connectivity index (χ2v) is 6.16. The molecule has 0 spiro atoms. The summed E-state index contributed by atoms with van der Waals surface area (Å²) in [6.07, 6.45) is 0.468. The number of aliphatic imine (C=N–C) groups is 1. The maximum Gasteiger partial charge on any atom is 0.347 e. The molecule has 1 N–H and O–H groups in total. The third-order valence-electron chi connectivity index (χ3n) is 3.00. The van der Waals surface area contributed by atoms with Crippen LogP contribution in [0.1, 0.15) is 32.7 Å². The number of esters is 2. The highest BCUT2D eigenvalue weighted by Crippen LogP contribution is 2.15. The van der Waals surface area contributed by atoms with Gasteiger partial charge >= 0.3 is 11.9 Å². The van der Waals surface area contributed by atoms with Gasteiger partial charge in [-0.05, 0) is 27.7 Å². The van der Waals surface area contributed by atoms with Crippen LogP contribution in [0.15, 0.2) is 27.8 Å². The first-order valence-corrected chi connectivity index (χ1v) is 8.09. The average Bonchev–Trinajstić information content (AvgIpc) is 3.00. The number of nitrogens with zero attached hydrogens (tertiary/aromatic N) is 2. The summed E-state index contributed by atoms with van der Waals surface area (Å²) in [5, 5.41) is 5.65. The number of carbonyl (C=O) groups is 2. The van der Waals surface area contributed by atoms with Crippen molar-refractivity contribution in [2.75, 3.05) is 6.54 Å². The van der Waals surface area contributed by atoms with Crippen LogP contribution in [0.2, 0.25) is 0 Å². The summed E-state index contributed by atoms with van der Waals surface area (Å²) in [6, 6.07) is 0. The van der Waals surface area contributed by atoms with Crippen molar-refractivity contribution in [2.45, 2.75) is 39.9 Å². The standard InChI is InChI=1S/C15H19N3O4S/c1-8(2)21-14(19)10(4)22-15(20)11-7-17-12(18-9(11)3)13-16-5-6-23-13/h5-6,8,10H,7H2,1-4H3,(H,17,18). The van der Waals surface area contributed by atoms with Crippen LogP contribution in [0, 0.1) is 0 Å². The Morgan fingerprint density at radius 1 is 1.30 bits per heavy atom. The van der Waals surface area contributed by atoms with Gasteiger partial charge in [0.2, 0.25) is 0 Å². The number of allylic oxidation sites excluding steroid dienone is 1. The van der Waals surface area contributed by atoms with E-state index >= 15 is 0 Å². The number of aromatic nitrogens is 1. The van der Waals surface area contributed by atoms with E-state index in [2.05, 4.69) is 15.3 Å². The highest BCUT2D eigenvalue weighted by atomic mass is 32.1. The molecular weight excluding hydrogens is 318 g/mol. The van der Waals surface area contributed by atoms with Crippen molar-refractivity contribution >= 4 is 29.1 Å². The molecular formula is C15H19N3O4S. The Hall–Kier alpha value is -2.22. The number of thiazole rings is 1. The lowest BCUT2D eigenvalue weighted by atomic mass is 10.2. The van der Waals surface area contributed by atoms with Crippen molar-refractivity contribution in [1.82, 2.24) is 10.3 Å². The summed E-state index contributed by atoms with van der Waals surface area (Å²) < 4.78 is 10.2. The van der Waals surface area contributed by atoms with Gasteiger partial charge in [-0.2, -0.15) is 0 Å². The van der Waals surface area contributed by atoms with Gasteiger partial charge in [0.25, 0.3) is 0 Å². The first-order chi connectivity index (χ1) is 10.9. The van der Waals surface area contributed by atoms with E-state index in [0.29, 0.717) is 17.1 Å². The molecule has 1 aliphatic heterocycles. The molecule has 0 radical (unpaired) electrons. The second-order valence-electron chi connectivity index (χ2n) is 5.26. The van der Waals surface area contributed by atoms with Crippen LogP contribution in [0.4, 0.5) is 0 Å². The number of rotatable bonds is 5. The van der Waals surface area contributed by atoms with Crippen molar-refractivity contribution in [3.05, 3.63) is 27.9 Å². The van der Waals surface area contributed by atoms with Crippen LogP contribution >= 0.6 is 11.3 Å². The van der Waals surface area contributed by atoms with Crippen molar-refractivity contribution < 1.29 is 19.1 Å². The quantitative estimate of drug-likeness (QED) is 0.822. The SMILES string of the molecule is CC1=C(C(=O)OC(C)C(=O)OC(C)C)CN=C(c2nccs2)N1. The zero-order valence-corrected chi connectivity index (χ0v) is 14.3. The molecule has 2 heterocycles. The first-order valence-electron chi connectivity index (χ1n) is 7.21. The molecule has 23 heavy (non-hydrogen) atoms. The molecule has 0 amide bonds. The van der Waals surface area contributed by atoms with Gasteiger partial charge in [0.15, 0.2) is 16.9 Å². The van der Waals surface area contributed by atoms with E-state index in [9.17, 15) is 9.59 Å². The van der Waals surface area contributed by atoms with E-state index < -0.39 is 18.0 Å². The van der Waals surface area contributed by atoms with Crippen LogP contribution in [0.5, 0.6) is 0 Å². The molecule has 1 aliphatic rings. The lowest BCUT2D eigenvalue weighted by molar-refractivity contribution is -0.167. The third-order valence-corrected chi connectivity index (χ3v) is 3.78. The Labute approximate surface area is 138 Å². The maximum absolute atomic E-state index is 12.2. The van der Waals surface area contributed by atoms with Crippen molar-refractivity contribution in [2.24, 2.45) is 4.99 Å². The van der Waals surface area contributed by atoms with Crippen LogP contribution in [-0.4, -0.2) is 41.5 Å². The van der Waals surface area contributed by atoms with Crippen LogP contribution in [0.3, 0.4) is 0 Å². The smallest absolute Gasteiger partial charge is 0.347 e. The second kappa shape index (κ2) is 7.36. The zero-order valence-electron chi connectivity index (χ0n) is 13.5. The molecule has 0 fully saturated rings. The number of hydrogen-bond donors (Lipinski definition) is 1. The van der Waals surface area contributed by atoms with Crippen LogP contribution in [0.25, 0.3) is 0 Å². The average molecular weight is 337 g/mol. The summed E-state index contributed by atoms with van der Waals surface area (Å²) in [4.78, 5) is 32.4. The molecule has 1 aromatic rings. The van der Waals surface area contributed by atoms with Gasteiger partial charge in [0.05, 0.1) is 18.2 Å². The van der Waals surface area contributed by atoms with Gasteiger partial charge in [-0.1, -0.05) is 0 Å². The fourth-order valence-electron chi connectivity index (χ4n) is 1.86. The Kier molecular flexibility index (Phi) is 5.49. The van der Waals surface area contributed by atoms with Crippen molar-refractivity contribution in [3.63, 3.8) is 0 Å². The highest BCUT2D eigenvalue weighted by molar-refractivity contribution is 7.11. The minimum Gasteiger partial charge on any atom is -0.460 e. The van der Waals surface area contributed by atoms with Gasteiger partial charge in [0, 0.05) is 17.3 Å². The van der Waals surface area contributed by atoms with E-state index in [1.54, 1.807) is 27.0 Å². The zero-order chi connectivity index (χ0) is 17.0. The van der Waals surface area contributed by atoms with E-state index in [1.165, 1.54) is 18.3 Å². The van der Waals surface area contributed by atoms with Crippen molar-refractivity contribution in [3.8, 4) is 0 Å². The minimum absolute atomic E-state index is 0.179. The summed E-state index contributed by atoms with van der Waals surface area (Å²) in [7, 11) is 0. The van der Waals surface area contributed by atoms with E-state index in [-0.39, 0.29) is 12.6 Å². The van der Waals surface area contributed by atoms with Crippen LogP contribution < -0.4 is 5.32 Å². The summed E-state index contributed by atoms with van der Waals surface area (Å²) in [5.41, 5.74) is 1.02. The fourth-order valence-corrected chi connectivity index (χ4v) is 2.46. The summed E-state index contributed by atoms with van der Waals surface area (Å²) in [6.45, 7) is 6.89. The molecule has 0 saturated heterocycles. The van der Waals surface area contributed by atoms with Gasteiger partial charge in [-0.15, -0.1) is 11.3 Å². The lowest BCUT2D eigenvalue weighted by Crippen LogP contribution is -2.34. The molecule has 0 aliphatic carbocycles. The van der Waals surface area contributed by atoms with Gasteiger partial charge in [0.1, 0.15) is 0 Å². The van der Waals surface area contributed by atoms with Gasteiger partial charge in [-0.25, -0.2) is 14.6 Å². The Morgan fingerprint density at radius 2 is 2.04 bits per heavy atom. The molecule has 0 saturated carbocycles. The molecule has 124 valence electrons. The third kappa shape index (κ3) is 4.38. The number of nitrogens with one attached hydrogen (secondary N) is 1. The van der Waals surface area contributed by atoms with Crippen LogP contribution in [-0.2, 0) is 19.1 Å². The van der Waals surface area contributed by atoms with E-state index in [1.807, 2.05) is 5.38 Å². The van der Waals surface area contributed by atoms with E-state index in [4.69, 9.17) is 9.47 Å². The van der Waals surface area contributed by atoms with Gasteiger partial charge < -0.3 is 14.8 Å². The first kappa shape index (κ1) is 17.1. The number of carbonyl (C=O) groups excluding carboxylic acids is 2. The Balaban J connectivity index is 1.98. The Bertz CT molecular complexity index is 650. The number of amidine groups is 1. The predicted octanol–water partition coefficient (Wildman–Crippen LogP) is 1.65. The molecule has 0 aromatic carbocycles. The minimum atomic E-state index is -0.963. The normalized spacial score (nSPS) is 15.8. The number of ether oxygens (including phenoxy) is 2. The maximum atomic E-state index is 12.2. The monoisotopic (exact) mass is 337 g/mol. The van der Waals surface area contributed by atoms with Crippen molar-refractivity contribution in [1.29, 1.82) is 0 Å². The topological polar surface area (TPSA) is 89.9 Å². The van der Waals surface area contributed by atoms with E-state index in [0.717, 1.165) is 5.01 Å². The highest BCUT2D eigenvalue weighted by Gasteiger charge is 2.26. The molecule has 8 heteroatoms. The molecule has 7 nitrogen and oxygen atoms in total. The molecule has 1 aromatic heterocycles. The number of hydrogen-bond acceptors (Lipinski definition) is 8. The molecule has 1 atom stereocenters. The summed E-state index contributed by atoms with van der Waals surface area (Å²) >= 11 is 1.46. The Morgan fingerprint density at radius 3 is 2.61 bits per heavy atom. The summed E-state index contributed by atoms with van der Waals surface area (Å²) in [5.74, 6) is -0.520. The molecule has 0 bridgehead atoms. The van der Waals surface area contributed by atoms with Gasteiger partial charge in [-0.3, -0.25) is 4.99 Å². The molecule has 2 rings (SSSR count).